The number of aromatic nitrogens is 2. The molecule has 21 heavy (non-hydrogen) atoms. The van der Waals surface area contributed by atoms with Crippen LogP contribution in [0.4, 0.5) is 11.6 Å². The number of nitrogens with one attached hydrogen (secondary N) is 2. The summed E-state index contributed by atoms with van der Waals surface area (Å²) in [5.74, 6) is 2.80. The molecule has 0 bridgehead atoms. The Balaban J connectivity index is 2.25. The lowest BCUT2D eigenvalue weighted by Gasteiger charge is -2.24. The van der Waals surface area contributed by atoms with E-state index in [-0.39, 0.29) is 0 Å². The Kier molecular flexibility index (Phi) is 4.15. The Morgan fingerprint density at radius 1 is 1.24 bits per heavy atom. The Hall–Kier alpha value is -1.37. The van der Waals surface area contributed by atoms with Crippen LogP contribution in [0.2, 0.25) is 0 Å². The molecule has 0 atom stereocenters. The highest BCUT2D eigenvalue weighted by Gasteiger charge is 2.31. The molecule has 1 aromatic heterocycles. The first-order valence-corrected chi connectivity index (χ1v) is 9.04. The Bertz CT molecular complexity index is 637. The van der Waals surface area contributed by atoms with Crippen molar-refractivity contribution in [3.63, 3.8) is 0 Å². The predicted octanol–water partition coefficient (Wildman–Crippen LogP) is 1.94. The first-order chi connectivity index (χ1) is 9.65. The van der Waals surface area contributed by atoms with Gasteiger partial charge in [-0.2, -0.15) is 0 Å². The lowest BCUT2D eigenvalue weighted by Crippen LogP contribution is -2.38. The number of nitrogens with zero attached hydrogens (tertiary/aromatic N) is 2. The van der Waals surface area contributed by atoms with E-state index in [1.54, 1.807) is 13.8 Å². The minimum Gasteiger partial charge on any atom is -0.373 e. The van der Waals surface area contributed by atoms with E-state index in [9.17, 15) is 8.42 Å². The molecule has 2 rings (SSSR count). The Morgan fingerprint density at radius 3 is 2.29 bits per heavy atom. The smallest absolute Gasteiger partial charge is 0.154 e. The SMILES string of the molecule is CNc1nc(C2CC2)nc(NCC(C)(C)S(C)(=O)=O)c1C. The molecule has 1 fully saturated rings. The Labute approximate surface area is 126 Å². The van der Waals surface area contributed by atoms with E-state index in [2.05, 4.69) is 20.6 Å². The molecule has 6 nitrogen and oxygen atoms in total. The third-order valence-electron chi connectivity index (χ3n) is 4.03. The van der Waals surface area contributed by atoms with Gasteiger partial charge in [-0.15, -0.1) is 0 Å². The quantitative estimate of drug-likeness (QED) is 0.835. The molecular formula is C14H24N4O2S. The molecule has 2 N–H and O–H groups in total. The second-order valence-corrected chi connectivity index (χ2v) is 8.96. The molecule has 0 aromatic carbocycles. The fraction of sp³-hybridized carbons (Fsp3) is 0.714. The van der Waals surface area contributed by atoms with Crippen LogP contribution >= 0.6 is 0 Å². The normalized spacial score (nSPS) is 15.9. The summed E-state index contributed by atoms with van der Waals surface area (Å²) in [6.07, 6.45) is 3.51. The summed E-state index contributed by atoms with van der Waals surface area (Å²) < 4.78 is 22.7. The van der Waals surface area contributed by atoms with Crippen molar-refractivity contribution < 1.29 is 8.42 Å². The maximum Gasteiger partial charge on any atom is 0.154 e. The van der Waals surface area contributed by atoms with E-state index in [0.29, 0.717) is 18.3 Å². The van der Waals surface area contributed by atoms with Crippen molar-refractivity contribution in [2.75, 3.05) is 30.5 Å². The standard InChI is InChI=1S/C14H24N4O2S/c1-9-11(15-4)17-13(10-6-7-10)18-12(9)16-8-14(2,3)21(5,19)20/h10H,6-8H2,1-5H3,(H2,15,16,17,18). The molecule has 7 heteroatoms. The summed E-state index contributed by atoms with van der Waals surface area (Å²) in [6, 6.07) is 0. The zero-order chi connectivity index (χ0) is 15.8. The highest BCUT2D eigenvalue weighted by atomic mass is 32.2. The van der Waals surface area contributed by atoms with E-state index in [0.717, 1.165) is 30.0 Å². The number of anilines is 2. The van der Waals surface area contributed by atoms with Gasteiger partial charge in [-0.3, -0.25) is 0 Å². The van der Waals surface area contributed by atoms with Gasteiger partial charge < -0.3 is 10.6 Å². The summed E-state index contributed by atoms with van der Waals surface area (Å²) in [6.45, 7) is 5.68. The number of hydrogen-bond donors (Lipinski definition) is 2. The van der Waals surface area contributed by atoms with Crippen LogP contribution in [0.25, 0.3) is 0 Å². The number of rotatable bonds is 6. The second-order valence-electron chi connectivity index (χ2n) is 6.31. The monoisotopic (exact) mass is 312 g/mol. The summed E-state index contributed by atoms with van der Waals surface area (Å²) in [5.41, 5.74) is 0.909. The van der Waals surface area contributed by atoms with Crippen LogP contribution in [0.5, 0.6) is 0 Å². The number of hydrogen-bond acceptors (Lipinski definition) is 6. The zero-order valence-electron chi connectivity index (χ0n) is 13.3. The van der Waals surface area contributed by atoms with Crippen LogP contribution in [0.1, 0.15) is 44.0 Å². The highest BCUT2D eigenvalue weighted by Crippen LogP contribution is 2.39. The maximum atomic E-state index is 11.8. The zero-order valence-corrected chi connectivity index (χ0v) is 14.1. The second kappa shape index (κ2) is 5.44. The van der Waals surface area contributed by atoms with Gasteiger partial charge in [-0.25, -0.2) is 18.4 Å². The van der Waals surface area contributed by atoms with Gasteiger partial charge in [0.1, 0.15) is 17.5 Å². The molecular weight excluding hydrogens is 288 g/mol. The minimum atomic E-state index is -3.14. The molecule has 1 saturated carbocycles. The third-order valence-corrected chi connectivity index (χ3v) is 6.18. The molecule has 1 aromatic rings. The van der Waals surface area contributed by atoms with Gasteiger partial charge in [0.05, 0.1) is 4.75 Å². The van der Waals surface area contributed by atoms with Crippen molar-refractivity contribution in [2.24, 2.45) is 0 Å². The number of sulfone groups is 1. The molecule has 0 radical (unpaired) electrons. The maximum absolute atomic E-state index is 11.8. The molecule has 0 saturated heterocycles. The van der Waals surface area contributed by atoms with Gasteiger partial charge in [0.2, 0.25) is 0 Å². The van der Waals surface area contributed by atoms with Crippen molar-refractivity contribution in [2.45, 2.75) is 44.3 Å². The van der Waals surface area contributed by atoms with Crippen molar-refractivity contribution >= 4 is 21.5 Å². The molecule has 0 spiro atoms. The van der Waals surface area contributed by atoms with Crippen LogP contribution in [0, 0.1) is 6.92 Å². The van der Waals surface area contributed by atoms with Crippen LogP contribution < -0.4 is 10.6 Å². The first-order valence-electron chi connectivity index (χ1n) is 7.15. The summed E-state index contributed by atoms with van der Waals surface area (Å²) in [4.78, 5) is 9.10. The summed E-state index contributed by atoms with van der Waals surface area (Å²) in [5, 5.41) is 6.26. The van der Waals surface area contributed by atoms with Crippen molar-refractivity contribution in [1.29, 1.82) is 0 Å². The van der Waals surface area contributed by atoms with E-state index in [4.69, 9.17) is 0 Å². The Morgan fingerprint density at radius 2 is 1.81 bits per heavy atom. The van der Waals surface area contributed by atoms with Crippen LogP contribution in [0.15, 0.2) is 0 Å². The lowest BCUT2D eigenvalue weighted by molar-refractivity contribution is 0.559. The molecule has 1 aliphatic carbocycles. The largest absolute Gasteiger partial charge is 0.373 e. The fourth-order valence-corrected chi connectivity index (χ4v) is 2.24. The average molecular weight is 312 g/mol. The summed E-state index contributed by atoms with van der Waals surface area (Å²) >= 11 is 0. The van der Waals surface area contributed by atoms with Crippen molar-refractivity contribution in [1.82, 2.24) is 9.97 Å². The van der Waals surface area contributed by atoms with Crippen LogP contribution in [0.3, 0.4) is 0 Å². The van der Waals surface area contributed by atoms with Crippen molar-refractivity contribution in [3.8, 4) is 0 Å². The molecule has 1 heterocycles. The van der Waals surface area contributed by atoms with Gasteiger partial charge in [0, 0.05) is 31.3 Å². The van der Waals surface area contributed by atoms with Crippen molar-refractivity contribution in [3.05, 3.63) is 11.4 Å². The van der Waals surface area contributed by atoms with E-state index >= 15 is 0 Å². The molecule has 0 amide bonds. The van der Waals surface area contributed by atoms with E-state index in [1.807, 2.05) is 14.0 Å². The lowest BCUT2D eigenvalue weighted by atomic mass is 10.2. The topological polar surface area (TPSA) is 84.0 Å². The summed E-state index contributed by atoms with van der Waals surface area (Å²) in [7, 11) is -1.31. The highest BCUT2D eigenvalue weighted by molar-refractivity contribution is 7.92. The van der Waals surface area contributed by atoms with Gasteiger partial charge in [0.15, 0.2) is 9.84 Å². The predicted molar refractivity (Wildman–Crippen MR) is 85.7 cm³/mol. The van der Waals surface area contributed by atoms with Crippen LogP contribution in [-0.4, -0.2) is 43.0 Å². The average Bonchev–Trinajstić information content (AvgIpc) is 3.20. The fourth-order valence-electron chi connectivity index (χ4n) is 1.90. The minimum absolute atomic E-state index is 0.316. The van der Waals surface area contributed by atoms with Gasteiger partial charge in [0.25, 0.3) is 0 Å². The van der Waals surface area contributed by atoms with E-state index in [1.165, 1.54) is 6.26 Å². The molecule has 0 unspecified atom stereocenters. The first kappa shape index (κ1) is 16.0. The third kappa shape index (κ3) is 3.45. The van der Waals surface area contributed by atoms with Gasteiger partial charge >= 0.3 is 0 Å². The molecule has 1 aliphatic rings. The van der Waals surface area contributed by atoms with E-state index < -0.39 is 14.6 Å². The van der Waals surface area contributed by atoms with Gasteiger partial charge in [-0.1, -0.05) is 0 Å². The van der Waals surface area contributed by atoms with Crippen LogP contribution in [-0.2, 0) is 9.84 Å². The molecule has 0 aliphatic heterocycles. The molecule has 118 valence electrons. The van der Waals surface area contributed by atoms with Gasteiger partial charge in [-0.05, 0) is 33.6 Å².